The third-order valence-corrected chi connectivity index (χ3v) is 4.17. The highest BCUT2D eigenvalue weighted by Crippen LogP contribution is 2.33. The van der Waals surface area contributed by atoms with Gasteiger partial charge in [0.2, 0.25) is 5.91 Å². The van der Waals surface area contributed by atoms with E-state index in [0.717, 1.165) is 25.0 Å². The van der Waals surface area contributed by atoms with Gasteiger partial charge in [-0.3, -0.25) is 4.79 Å². The molecule has 1 amide bonds. The molecule has 138 valence electrons. The van der Waals surface area contributed by atoms with Gasteiger partial charge in [0.15, 0.2) is 11.6 Å². The second-order valence-corrected chi connectivity index (χ2v) is 6.52. The van der Waals surface area contributed by atoms with E-state index in [1.807, 2.05) is 0 Å². The van der Waals surface area contributed by atoms with Crippen molar-refractivity contribution in [3.05, 3.63) is 53.1 Å². The summed E-state index contributed by atoms with van der Waals surface area (Å²) in [5, 5.41) is 3.08. The molecule has 1 fully saturated rings. The first kappa shape index (κ1) is 18.5. The average Bonchev–Trinajstić information content (AvgIpc) is 3.40. The van der Waals surface area contributed by atoms with Gasteiger partial charge in [-0.15, -0.1) is 0 Å². The minimum atomic E-state index is -0.802. The highest BCUT2D eigenvalue weighted by Gasteiger charge is 2.24. The molecule has 4 nitrogen and oxygen atoms in total. The van der Waals surface area contributed by atoms with Crippen LogP contribution in [0.4, 0.5) is 8.78 Å². The molecule has 2 aromatic carbocycles. The lowest BCUT2D eigenvalue weighted by atomic mass is 10.3. The Kier molecular flexibility index (Phi) is 5.93. The van der Waals surface area contributed by atoms with Crippen molar-refractivity contribution in [2.24, 2.45) is 5.92 Å². The topological polar surface area (TPSA) is 47.6 Å². The van der Waals surface area contributed by atoms with Crippen LogP contribution in [0.25, 0.3) is 0 Å². The number of carbonyl (C=O) groups is 1. The number of benzene rings is 2. The van der Waals surface area contributed by atoms with Crippen molar-refractivity contribution in [1.29, 1.82) is 0 Å². The normalized spacial score (nSPS) is 13.3. The molecule has 26 heavy (non-hydrogen) atoms. The fourth-order valence-corrected chi connectivity index (χ4v) is 2.58. The summed E-state index contributed by atoms with van der Waals surface area (Å²) >= 11 is 6.13. The van der Waals surface area contributed by atoms with E-state index >= 15 is 0 Å². The first-order valence-electron chi connectivity index (χ1n) is 8.33. The Morgan fingerprint density at radius 1 is 1.15 bits per heavy atom. The highest BCUT2D eigenvalue weighted by molar-refractivity contribution is 6.32. The Morgan fingerprint density at radius 3 is 2.62 bits per heavy atom. The van der Waals surface area contributed by atoms with Crippen molar-refractivity contribution in [3.63, 3.8) is 0 Å². The summed E-state index contributed by atoms with van der Waals surface area (Å²) in [5.41, 5.74) is 0. The van der Waals surface area contributed by atoms with Crippen molar-refractivity contribution in [1.82, 2.24) is 5.32 Å². The maximum absolute atomic E-state index is 13.6. The molecule has 2 aromatic rings. The van der Waals surface area contributed by atoms with E-state index in [0.29, 0.717) is 30.4 Å². The van der Waals surface area contributed by atoms with Gasteiger partial charge in [-0.1, -0.05) is 11.6 Å². The van der Waals surface area contributed by atoms with Gasteiger partial charge < -0.3 is 14.8 Å². The number of hydrogen-bond acceptors (Lipinski definition) is 3. The maximum atomic E-state index is 13.6. The summed E-state index contributed by atoms with van der Waals surface area (Å²) in [6.45, 7) is 0.670. The largest absolute Gasteiger partial charge is 0.490 e. The fourth-order valence-electron chi connectivity index (χ4n) is 2.35. The Hall–Kier alpha value is -2.34. The zero-order chi connectivity index (χ0) is 18.5. The van der Waals surface area contributed by atoms with Gasteiger partial charge in [0.1, 0.15) is 23.9 Å². The third kappa shape index (κ3) is 5.33. The molecule has 0 unspecified atom stereocenters. The molecule has 3 rings (SSSR count). The van der Waals surface area contributed by atoms with Crippen LogP contribution in [-0.2, 0) is 4.79 Å². The molecule has 1 aliphatic carbocycles. The first-order chi connectivity index (χ1) is 12.5. The molecule has 0 aliphatic heterocycles. The summed E-state index contributed by atoms with van der Waals surface area (Å²) in [7, 11) is 0. The predicted molar refractivity (Wildman–Crippen MR) is 93.7 cm³/mol. The van der Waals surface area contributed by atoms with Gasteiger partial charge in [-0.2, -0.15) is 0 Å². The zero-order valence-corrected chi connectivity index (χ0v) is 14.7. The van der Waals surface area contributed by atoms with Crippen LogP contribution in [0, 0.1) is 17.6 Å². The SMILES string of the molecule is O=C(CC1CC1)NCCOc1ccc(Oc2ccc(F)cc2F)cc1Cl. The van der Waals surface area contributed by atoms with E-state index in [2.05, 4.69) is 5.32 Å². The van der Waals surface area contributed by atoms with E-state index in [-0.39, 0.29) is 23.3 Å². The molecule has 7 heteroatoms. The number of ether oxygens (including phenoxy) is 2. The Balaban J connectivity index is 1.49. The van der Waals surface area contributed by atoms with Crippen molar-refractivity contribution in [2.75, 3.05) is 13.2 Å². The van der Waals surface area contributed by atoms with Crippen LogP contribution >= 0.6 is 11.6 Å². The molecule has 0 saturated heterocycles. The van der Waals surface area contributed by atoms with Crippen LogP contribution < -0.4 is 14.8 Å². The molecular weight excluding hydrogens is 364 g/mol. The molecule has 0 radical (unpaired) electrons. The number of nitrogens with one attached hydrogen (secondary N) is 1. The summed E-state index contributed by atoms with van der Waals surface area (Å²) in [4.78, 5) is 11.6. The van der Waals surface area contributed by atoms with E-state index in [4.69, 9.17) is 21.1 Å². The number of carbonyl (C=O) groups excluding carboxylic acids is 1. The Bertz CT molecular complexity index is 796. The second-order valence-electron chi connectivity index (χ2n) is 6.11. The molecule has 0 bridgehead atoms. The summed E-state index contributed by atoms with van der Waals surface area (Å²) in [6.07, 6.45) is 2.85. The Labute approximate surface area is 155 Å². The molecule has 0 atom stereocenters. The van der Waals surface area contributed by atoms with Gasteiger partial charge in [0, 0.05) is 18.6 Å². The molecule has 1 N–H and O–H groups in total. The number of hydrogen-bond donors (Lipinski definition) is 1. The molecule has 0 aromatic heterocycles. The van der Waals surface area contributed by atoms with Gasteiger partial charge in [-0.25, -0.2) is 8.78 Å². The number of rotatable bonds is 8. The van der Waals surface area contributed by atoms with Crippen LogP contribution in [0.3, 0.4) is 0 Å². The highest BCUT2D eigenvalue weighted by atomic mass is 35.5. The number of halogens is 3. The minimum Gasteiger partial charge on any atom is -0.490 e. The summed E-state index contributed by atoms with van der Waals surface area (Å²) in [6, 6.07) is 7.68. The van der Waals surface area contributed by atoms with Gasteiger partial charge in [0.05, 0.1) is 11.6 Å². The van der Waals surface area contributed by atoms with Crippen molar-refractivity contribution in [2.45, 2.75) is 19.3 Å². The monoisotopic (exact) mass is 381 g/mol. The van der Waals surface area contributed by atoms with E-state index < -0.39 is 11.6 Å². The van der Waals surface area contributed by atoms with Crippen molar-refractivity contribution in [3.8, 4) is 17.2 Å². The van der Waals surface area contributed by atoms with Crippen LogP contribution in [-0.4, -0.2) is 19.1 Å². The van der Waals surface area contributed by atoms with Crippen molar-refractivity contribution < 1.29 is 23.0 Å². The fraction of sp³-hybridized carbons (Fsp3) is 0.316. The van der Waals surface area contributed by atoms with Crippen LogP contribution in [0.5, 0.6) is 17.2 Å². The minimum absolute atomic E-state index is 0.0345. The predicted octanol–water partition coefficient (Wildman–Crippen LogP) is 4.71. The molecule has 1 aliphatic rings. The quantitative estimate of drug-likeness (QED) is 0.674. The maximum Gasteiger partial charge on any atom is 0.220 e. The second kappa shape index (κ2) is 8.36. The first-order valence-corrected chi connectivity index (χ1v) is 8.71. The van der Waals surface area contributed by atoms with E-state index in [9.17, 15) is 13.6 Å². The lowest BCUT2D eigenvalue weighted by Gasteiger charge is -2.11. The van der Waals surface area contributed by atoms with Gasteiger partial charge in [-0.05, 0) is 43.0 Å². The molecule has 0 heterocycles. The Morgan fingerprint density at radius 2 is 1.92 bits per heavy atom. The standard InChI is InChI=1S/C19H18ClF2NO3/c20-15-11-14(26-18-5-3-13(21)10-16(18)22)4-6-17(15)25-8-7-23-19(24)9-12-1-2-12/h3-6,10-12H,1-2,7-9H2,(H,23,24). The average molecular weight is 382 g/mol. The van der Waals surface area contributed by atoms with Crippen LogP contribution in [0.1, 0.15) is 19.3 Å². The van der Waals surface area contributed by atoms with E-state index in [1.54, 1.807) is 12.1 Å². The molecular formula is C19H18ClF2NO3. The lowest BCUT2D eigenvalue weighted by Crippen LogP contribution is -2.28. The number of amides is 1. The third-order valence-electron chi connectivity index (χ3n) is 3.88. The zero-order valence-electron chi connectivity index (χ0n) is 13.9. The van der Waals surface area contributed by atoms with Crippen molar-refractivity contribution >= 4 is 17.5 Å². The lowest BCUT2D eigenvalue weighted by molar-refractivity contribution is -0.121. The van der Waals surface area contributed by atoms with Gasteiger partial charge >= 0.3 is 0 Å². The van der Waals surface area contributed by atoms with Crippen LogP contribution in [0.15, 0.2) is 36.4 Å². The van der Waals surface area contributed by atoms with Gasteiger partial charge in [0.25, 0.3) is 0 Å². The van der Waals surface area contributed by atoms with Crippen LogP contribution in [0.2, 0.25) is 5.02 Å². The van der Waals surface area contributed by atoms with E-state index in [1.165, 1.54) is 12.1 Å². The smallest absolute Gasteiger partial charge is 0.220 e. The molecule has 0 spiro atoms. The summed E-state index contributed by atoms with van der Waals surface area (Å²) < 4.78 is 37.4. The summed E-state index contributed by atoms with van der Waals surface area (Å²) in [5.74, 6) is -0.282. The molecule has 1 saturated carbocycles.